The molecule has 124 valence electrons. The number of ether oxygens (including phenoxy) is 2. The number of rotatable bonds is 4. The number of thiophene rings is 1. The minimum absolute atomic E-state index is 0.204. The molecule has 1 aromatic carbocycles. The van der Waals surface area contributed by atoms with Crippen molar-refractivity contribution in [1.82, 2.24) is 4.90 Å². The van der Waals surface area contributed by atoms with Crippen LogP contribution in [-0.2, 0) is 9.53 Å². The molecule has 5 nitrogen and oxygen atoms in total. The number of esters is 1. The topological polar surface area (TPSA) is 55.8 Å². The maximum Gasteiger partial charge on any atom is 0.350 e. The number of amides is 1. The van der Waals surface area contributed by atoms with Crippen LogP contribution in [0.1, 0.15) is 16.6 Å². The number of likely N-dealkylation sites (N-methyl/N-ethyl adjacent to an activating group) is 1. The number of benzene rings is 1. The Labute approximate surface area is 147 Å². The normalized spacial score (nSPS) is 12.1. The number of carbonyl (C=O) groups excluding carboxylic acids is 2. The highest BCUT2D eigenvalue weighted by Gasteiger charge is 2.25. The first-order valence-electron chi connectivity index (χ1n) is 6.64. The molecular weight excluding hydrogens is 361 g/mol. The van der Waals surface area contributed by atoms with Gasteiger partial charge in [0.15, 0.2) is 6.10 Å². The highest BCUT2D eigenvalue weighted by Crippen LogP contribution is 2.43. The summed E-state index contributed by atoms with van der Waals surface area (Å²) in [6.07, 6.45) is -0.899. The molecule has 1 aromatic heterocycles. The van der Waals surface area contributed by atoms with Gasteiger partial charge < -0.3 is 14.4 Å². The second-order valence-corrected chi connectivity index (χ2v) is 6.76. The van der Waals surface area contributed by atoms with E-state index in [1.165, 1.54) is 18.9 Å². The molecule has 2 aromatic rings. The zero-order chi connectivity index (χ0) is 17.3. The van der Waals surface area contributed by atoms with Crippen LogP contribution in [0.15, 0.2) is 12.1 Å². The Morgan fingerprint density at radius 1 is 1.22 bits per heavy atom. The van der Waals surface area contributed by atoms with E-state index in [-0.39, 0.29) is 15.8 Å². The van der Waals surface area contributed by atoms with Crippen LogP contribution >= 0.6 is 34.5 Å². The lowest BCUT2D eigenvalue weighted by molar-refractivity contribution is -0.137. The van der Waals surface area contributed by atoms with E-state index in [1.807, 2.05) is 0 Å². The lowest BCUT2D eigenvalue weighted by Gasteiger charge is -2.16. The molecule has 1 heterocycles. The fourth-order valence-electron chi connectivity index (χ4n) is 2.00. The predicted molar refractivity (Wildman–Crippen MR) is 92.0 cm³/mol. The summed E-state index contributed by atoms with van der Waals surface area (Å²) in [6.45, 7) is 1.51. The van der Waals surface area contributed by atoms with Crippen LogP contribution in [0.4, 0.5) is 0 Å². The van der Waals surface area contributed by atoms with Crippen molar-refractivity contribution in [3.63, 3.8) is 0 Å². The van der Waals surface area contributed by atoms with Crippen LogP contribution in [0.25, 0.3) is 10.1 Å². The Bertz CT molecular complexity index is 772. The summed E-state index contributed by atoms with van der Waals surface area (Å²) in [5.41, 5.74) is 0. The van der Waals surface area contributed by atoms with Gasteiger partial charge in [-0.05, 0) is 19.1 Å². The van der Waals surface area contributed by atoms with Gasteiger partial charge in [-0.25, -0.2) is 4.79 Å². The van der Waals surface area contributed by atoms with Gasteiger partial charge in [0, 0.05) is 19.5 Å². The Morgan fingerprint density at radius 2 is 1.87 bits per heavy atom. The van der Waals surface area contributed by atoms with Crippen molar-refractivity contribution in [2.75, 3.05) is 21.2 Å². The number of hydrogen-bond donors (Lipinski definition) is 0. The summed E-state index contributed by atoms with van der Waals surface area (Å²) >= 11 is 13.6. The fraction of sp³-hybridized carbons (Fsp3) is 0.333. The number of methoxy groups -OCH3 is 1. The molecule has 0 spiro atoms. The molecule has 0 aliphatic rings. The number of carbonyl (C=O) groups is 2. The average Bonchev–Trinajstić information content (AvgIpc) is 2.85. The number of fused-ring (bicyclic) bond motifs is 1. The van der Waals surface area contributed by atoms with Crippen LogP contribution < -0.4 is 4.74 Å². The third-order valence-electron chi connectivity index (χ3n) is 3.18. The Balaban J connectivity index is 2.36. The van der Waals surface area contributed by atoms with E-state index >= 15 is 0 Å². The minimum Gasteiger partial charge on any atom is -0.495 e. The summed E-state index contributed by atoms with van der Waals surface area (Å²) in [6, 6.07) is 3.40. The molecule has 1 amide bonds. The molecule has 0 aliphatic carbocycles. The lowest BCUT2D eigenvalue weighted by Crippen LogP contribution is -2.34. The van der Waals surface area contributed by atoms with Crippen LogP contribution in [0.5, 0.6) is 5.75 Å². The highest BCUT2D eigenvalue weighted by atomic mass is 35.5. The number of halogens is 2. The number of hydrogen-bond acceptors (Lipinski definition) is 5. The molecule has 0 unspecified atom stereocenters. The number of nitrogens with zero attached hydrogens (tertiary/aromatic N) is 1. The summed E-state index contributed by atoms with van der Waals surface area (Å²) in [7, 11) is 4.68. The van der Waals surface area contributed by atoms with Gasteiger partial charge in [0.25, 0.3) is 5.91 Å². The van der Waals surface area contributed by atoms with Crippen LogP contribution in [0.2, 0.25) is 10.0 Å². The van der Waals surface area contributed by atoms with Crippen molar-refractivity contribution < 1.29 is 19.1 Å². The Hall–Kier alpha value is -1.50. The molecule has 0 saturated heterocycles. The lowest BCUT2D eigenvalue weighted by atomic mass is 10.2. The molecule has 0 saturated carbocycles. The largest absolute Gasteiger partial charge is 0.495 e. The van der Waals surface area contributed by atoms with E-state index < -0.39 is 12.1 Å². The van der Waals surface area contributed by atoms with E-state index in [1.54, 1.807) is 26.2 Å². The first kappa shape index (κ1) is 17.8. The van der Waals surface area contributed by atoms with Gasteiger partial charge >= 0.3 is 5.97 Å². The average molecular weight is 376 g/mol. The smallest absolute Gasteiger partial charge is 0.350 e. The van der Waals surface area contributed by atoms with E-state index in [9.17, 15) is 9.59 Å². The molecule has 0 fully saturated rings. The van der Waals surface area contributed by atoms with Gasteiger partial charge in [-0.15, -0.1) is 11.3 Å². The summed E-state index contributed by atoms with van der Waals surface area (Å²) in [4.78, 5) is 25.6. The van der Waals surface area contributed by atoms with E-state index in [0.717, 1.165) is 11.3 Å². The third kappa shape index (κ3) is 3.39. The summed E-state index contributed by atoms with van der Waals surface area (Å²) < 4.78 is 11.0. The molecular formula is C15H15Cl2NO4S. The third-order valence-corrected chi connectivity index (χ3v) is 5.37. The van der Waals surface area contributed by atoms with E-state index in [0.29, 0.717) is 20.9 Å². The van der Waals surface area contributed by atoms with E-state index in [2.05, 4.69) is 0 Å². The van der Waals surface area contributed by atoms with Gasteiger partial charge in [-0.2, -0.15) is 0 Å². The second kappa shape index (κ2) is 6.95. The van der Waals surface area contributed by atoms with Crippen molar-refractivity contribution in [1.29, 1.82) is 0 Å². The highest BCUT2D eigenvalue weighted by molar-refractivity contribution is 7.22. The Morgan fingerprint density at radius 3 is 2.43 bits per heavy atom. The van der Waals surface area contributed by atoms with Crippen LogP contribution in [-0.4, -0.2) is 44.1 Å². The SMILES string of the molecule is COc1ccc2c(Cl)c(C(=O)O[C@@H](C)C(=O)N(C)C)sc2c1Cl. The van der Waals surface area contributed by atoms with Gasteiger partial charge in [0.05, 0.1) is 16.8 Å². The first-order chi connectivity index (χ1) is 10.8. The summed E-state index contributed by atoms with van der Waals surface area (Å²) in [5, 5.41) is 1.28. The van der Waals surface area contributed by atoms with Crippen molar-refractivity contribution in [2.45, 2.75) is 13.0 Å². The summed E-state index contributed by atoms with van der Waals surface area (Å²) in [5.74, 6) is -0.475. The first-order valence-corrected chi connectivity index (χ1v) is 8.21. The molecule has 0 radical (unpaired) electrons. The zero-order valence-corrected chi connectivity index (χ0v) is 15.3. The van der Waals surface area contributed by atoms with Gasteiger partial charge in [0.1, 0.15) is 15.6 Å². The molecule has 0 aliphatic heterocycles. The van der Waals surface area contributed by atoms with Crippen molar-refractivity contribution >= 4 is 56.5 Å². The van der Waals surface area contributed by atoms with Gasteiger partial charge in [-0.3, -0.25) is 4.79 Å². The van der Waals surface area contributed by atoms with Gasteiger partial charge in [0.2, 0.25) is 0 Å². The standard InChI is InChI=1S/C15H15Cl2NO4S/c1-7(14(19)18(2)3)22-15(20)13-10(16)8-5-6-9(21-4)11(17)12(8)23-13/h5-7H,1-4H3/t7-/m0/s1. The quantitative estimate of drug-likeness (QED) is 0.761. The van der Waals surface area contributed by atoms with Crippen LogP contribution in [0.3, 0.4) is 0 Å². The zero-order valence-electron chi connectivity index (χ0n) is 13.0. The van der Waals surface area contributed by atoms with Gasteiger partial charge in [-0.1, -0.05) is 23.2 Å². The van der Waals surface area contributed by atoms with Crippen LogP contribution in [0, 0.1) is 0 Å². The second-order valence-electron chi connectivity index (χ2n) is 4.98. The molecule has 0 N–H and O–H groups in total. The molecule has 23 heavy (non-hydrogen) atoms. The van der Waals surface area contributed by atoms with Crippen molar-refractivity contribution in [3.8, 4) is 5.75 Å². The van der Waals surface area contributed by atoms with Crippen molar-refractivity contribution in [2.24, 2.45) is 0 Å². The minimum atomic E-state index is -0.899. The predicted octanol–water partition coefficient (Wildman–Crippen LogP) is 3.85. The monoisotopic (exact) mass is 375 g/mol. The maximum atomic E-state index is 12.3. The Kier molecular flexibility index (Phi) is 5.39. The maximum absolute atomic E-state index is 12.3. The van der Waals surface area contributed by atoms with E-state index in [4.69, 9.17) is 32.7 Å². The molecule has 1 atom stereocenters. The molecule has 0 bridgehead atoms. The molecule has 8 heteroatoms. The molecule has 2 rings (SSSR count). The van der Waals surface area contributed by atoms with Crippen molar-refractivity contribution in [3.05, 3.63) is 27.1 Å². The fourth-order valence-corrected chi connectivity index (χ4v) is 3.77.